The summed E-state index contributed by atoms with van der Waals surface area (Å²) in [5.41, 5.74) is 4.38. The van der Waals surface area contributed by atoms with Gasteiger partial charge in [0.15, 0.2) is 0 Å². The number of aromatic nitrogens is 3. The van der Waals surface area contributed by atoms with Crippen LogP contribution in [0.5, 0.6) is 5.88 Å². The van der Waals surface area contributed by atoms with Crippen LogP contribution in [0.2, 0.25) is 0 Å². The molecule has 0 radical (unpaired) electrons. The van der Waals surface area contributed by atoms with Crippen molar-refractivity contribution in [3.8, 4) is 5.88 Å². The van der Waals surface area contributed by atoms with Gasteiger partial charge in [-0.1, -0.05) is 30.3 Å². The van der Waals surface area contributed by atoms with E-state index in [2.05, 4.69) is 40.5 Å². The van der Waals surface area contributed by atoms with Gasteiger partial charge in [0.05, 0.1) is 18.5 Å². The monoisotopic (exact) mass is 475 g/mol. The lowest BCUT2D eigenvalue weighted by Crippen LogP contribution is -2.46. The zero-order valence-corrected chi connectivity index (χ0v) is 20.6. The molecule has 8 nitrogen and oxygen atoms in total. The lowest BCUT2D eigenvalue weighted by molar-refractivity contribution is -0.139. The summed E-state index contributed by atoms with van der Waals surface area (Å²) in [5.74, 6) is 0.972. The number of aryl methyl sites for hydroxylation is 1. The molecule has 4 heterocycles. The quantitative estimate of drug-likeness (QED) is 0.524. The largest absolute Gasteiger partial charge is 0.477 e. The van der Waals surface area contributed by atoms with Crippen molar-refractivity contribution in [2.75, 3.05) is 32.8 Å². The number of amides is 2. The fraction of sp³-hybridized carbons (Fsp3) is 0.481. The van der Waals surface area contributed by atoms with Gasteiger partial charge in [-0.05, 0) is 44.2 Å². The van der Waals surface area contributed by atoms with E-state index in [0.29, 0.717) is 32.0 Å². The summed E-state index contributed by atoms with van der Waals surface area (Å²) in [6.07, 6.45) is 4.93. The molecule has 0 N–H and O–H groups in total. The molecule has 2 aliphatic rings. The number of hydrogen-bond acceptors (Lipinski definition) is 5. The first-order chi connectivity index (χ1) is 17.0. The van der Waals surface area contributed by atoms with Crippen molar-refractivity contribution in [2.24, 2.45) is 5.92 Å². The number of ether oxygens (including phenoxy) is 1. The minimum atomic E-state index is 0.0406. The number of nitrogens with zero attached hydrogens (tertiary/aromatic N) is 5. The third kappa shape index (κ3) is 4.88. The standard InChI is InChI=1S/C27H33N5O3/c1-19-20(2)32(15-21-8-4-3-5-9-21)26-25(19)27(29-18-28-26)35-17-22-10-6-12-30(14-22)24(34)16-31-13-7-11-23(31)33/h3-5,8-9,18,22H,6-7,10-17H2,1-2H3. The molecule has 0 aliphatic carbocycles. The zero-order valence-electron chi connectivity index (χ0n) is 20.6. The predicted molar refractivity (Wildman–Crippen MR) is 133 cm³/mol. The van der Waals surface area contributed by atoms with E-state index < -0.39 is 0 Å². The molecule has 1 aromatic carbocycles. The Hall–Kier alpha value is -3.42. The molecule has 2 aliphatic heterocycles. The maximum absolute atomic E-state index is 12.8. The number of fused-ring (bicyclic) bond motifs is 1. The van der Waals surface area contributed by atoms with E-state index in [1.165, 1.54) is 5.56 Å². The van der Waals surface area contributed by atoms with Crippen molar-refractivity contribution in [1.29, 1.82) is 0 Å². The fourth-order valence-corrected chi connectivity index (χ4v) is 5.26. The van der Waals surface area contributed by atoms with Crippen LogP contribution >= 0.6 is 0 Å². The van der Waals surface area contributed by atoms with Crippen molar-refractivity contribution < 1.29 is 14.3 Å². The van der Waals surface area contributed by atoms with Crippen molar-refractivity contribution in [1.82, 2.24) is 24.3 Å². The molecule has 2 fully saturated rings. The second kappa shape index (κ2) is 10.1. The van der Waals surface area contributed by atoms with E-state index in [1.807, 2.05) is 23.1 Å². The van der Waals surface area contributed by atoms with Crippen LogP contribution in [0.4, 0.5) is 0 Å². The van der Waals surface area contributed by atoms with Crippen LogP contribution in [0.25, 0.3) is 11.0 Å². The Balaban J connectivity index is 1.27. The van der Waals surface area contributed by atoms with Gasteiger partial charge in [-0.3, -0.25) is 9.59 Å². The van der Waals surface area contributed by atoms with Crippen molar-refractivity contribution in [2.45, 2.75) is 46.1 Å². The zero-order chi connectivity index (χ0) is 24.4. The molecule has 2 amide bonds. The topological polar surface area (TPSA) is 80.6 Å². The van der Waals surface area contributed by atoms with Crippen molar-refractivity contribution in [3.05, 3.63) is 53.5 Å². The molecular weight excluding hydrogens is 442 g/mol. The van der Waals surface area contributed by atoms with Crippen LogP contribution in [-0.4, -0.2) is 68.9 Å². The van der Waals surface area contributed by atoms with Crippen molar-refractivity contribution >= 4 is 22.8 Å². The molecule has 8 heteroatoms. The number of rotatable bonds is 7. The summed E-state index contributed by atoms with van der Waals surface area (Å²) in [4.78, 5) is 37.3. The average Bonchev–Trinajstić information content (AvgIpc) is 3.39. The molecule has 184 valence electrons. The Labute approximate surface area is 205 Å². The number of benzene rings is 1. The summed E-state index contributed by atoms with van der Waals surface area (Å²) < 4.78 is 8.49. The Morgan fingerprint density at radius 3 is 2.71 bits per heavy atom. The van der Waals surface area contributed by atoms with Gasteiger partial charge in [0.1, 0.15) is 12.0 Å². The van der Waals surface area contributed by atoms with Gasteiger partial charge < -0.3 is 19.1 Å². The first-order valence-electron chi connectivity index (χ1n) is 12.5. The van der Waals surface area contributed by atoms with E-state index in [0.717, 1.165) is 54.6 Å². The number of piperidine rings is 1. The Morgan fingerprint density at radius 1 is 1.11 bits per heavy atom. The third-order valence-electron chi connectivity index (χ3n) is 7.38. The highest BCUT2D eigenvalue weighted by molar-refractivity contribution is 5.87. The van der Waals surface area contributed by atoms with E-state index in [1.54, 1.807) is 11.2 Å². The van der Waals surface area contributed by atoms with Gasteiger partial charge >= 0.3 is 0 Å². The summed E-state index contributed by atoms with van der Waals surface area (Å²) in [5, 5.41) is 0.956. The summed E-state index contributed by atoms with van der Waals surface area (Å²) in [6, 6.07) is 10.4. The molecule has 1 atom stereocenters. The maximum Gasteiger partial charge on any atom is 0.242 e. The summed E-state index contributed by atoms with van der Waals surface area (Å²) in [6.45, 7) is 7.74. The number of carbonyl (C=O) groups excluding carboxylic acids is 2. The van der Waals surface area contributed by atoms with Crippen LogP contribution in [-0.2, 0) is 16.1 Å². The molecule has 0 bridgehead atoms. The van der Waals surface area contributed by atoms with Gasteiger partial charge in [0.25, 0.3) is 0 Å². The fourth-order valence-electron chi connectivity index (χ4n) is 5.26. The third-order valence-corrected chi connectivity index (χ3v) is 7.38. The van der Waals surface area contributed by atoms with E-state index in [4.69, 9.17) is 4.74 Å². The predicted octanol–water partition coefficient (Wildman–Crippen LogP) is 3.34. The Bertz CT molecular complexity index is 1220. The number of hydrogen-bond donors (Lipinski definition) is 0. The normalized spacial score (nSPS) is 18.5. The second-order valence-electron chi connectivity index (χ2n) is 9.74. The minimum Gasteiger partial charge on any atom is -0.477 e. The molecule has 35 heavy (non-hydrogen) atoms. The summed E-state index contributed by atoms with van der Waals surface area (Å²) in [7, 11) is 0. The molecule has 0 spiro atoms. The highest BCUT2D eigenvalue weighted by Gasteiger charge is 2.29. The SMILES string of the molecule is Cc1c(C)n(Cc2ccccc2)c2ncnc(OCC3CCCN(C(=O)CN4CCCC4=O)C3)c12. The molecule has 2 saturated heterocycles. The minimum absolute atomic E-state index is 0.0406. The van der Waals surface area contributed by atoms with E-state index >= 15 is 0 Å². The van der Waals surface area contributed by atoms with Gasteiger partial charge in [-0.25, -0.2) is 9.97 Å². The Kier molecular flexibility index (Phi) is 6.70. The first-order valence-corrected chi connectivity index (χ1v) is 12.5. The second-order valence-corrected chi connectivity index (χ2v) is 9.74. The molecule has 1 unspecified atom stereocenters. The summed E-state index contributed by atoms with van der Waals surface area (Å²) >= 11 is 0. The average molecular weight is 476 g/mol. The number of likely N-dealkylation sites (tertiary alicyclic amines) is 2. The lowest BCUT2D eigenvalue weighted by atomic mass is 9.99. The van der Waals surface area contributed by atoms with E-state index in [9.17, 15) is 9.59 Å². The van der Waals surface area contributed by atoms with Crippen molar-refractivity contribution in [3.63, 3.8) is 0 Å². The molecule has 5 rings (SSSR count). The number of carbonyl (C=O) groups is 2. The van der Waals surface area contributed by atoms with Gasteiger partial charge in [-0.2, -0.15) is 0 Å². The van der Waals surface area contributed by atoms with Gasteiger partial charge in [0.2, 0.25) is 17.7 Å². The van der Waals surface area contributed by atoms with Crippen LogP contribution in [0.1, 0.15) is 42.5 Å². The van der Waals surface area contributed by atoms with Crippen LogP contribution < -0.4 is 4.74 Å². The van der Waals surface area contributed by atoms with Gasteiger partial charge in [-0.15, -0.1) is 0 Å². The lowest BCUT2D eigenvalue weighted by Gasteiger charge is -2.33. The van der Waals surface area contributed by atoms with Gasteiger partial charge in [0, 0.05) is 44.2 Å². The van der Waals surface area contributed by atoms with Crippen LogP contribution in [0.3, 0.4) is 0 Å². The molecule has 3 aromatic rings. The van der Waals surface area contributed by atoms with Crippen LogP contribution in [0.15, 0.2) is 36.7 Å². The Morgan fingerprint density at radius 2 is 1.94 bits per heavy atom. The smallest absolute Gasteiger partial charge is 0.242 e. The molecule has 2 aromatic heterocycles. The molecular formula is C27H33N5O3. The molecule has 0 saturated carbocycles. The van der Waals surface area contributed by atoms with Crippen LogP contribution in [0, 0.1) is 19.8 Å². The highest BCUT2D eigenvalue weighted by Crippen LogP contribution is 2.31. The van der Waals surface area contributed by atoms with E-state index in [-0.39, 0.29) is 24.3 Å². The first kappa shape index (κ1) is 23.3. The maximum atomic E-state index is 12.8. The highest BCUT2D eigenvalue weighted by atomic mass is 16.5.